The van der Waals surface area contributed by atoms with Crippen molar-refractivity contribution in [1.82, 2.24) is 9.80 Å². The van der Waals surface area contributed by atoms with Gasteiger partial charge in [0.2, 0.25) is 5.91 Å². The molecule has 1 atom stereocenters. The molecule has 102 valence electrons. The number of ether oxygens (including phenoxy) is 1. The average Bonchev–Trinajstić information content (AvgIpc) is 2.26. The van der Waals surface area contributed by atoms with Crippen LogP contribution in [0.1, 0.15) is 6.92 Å². The molecule has 8 heteroatoms. The smallest absolute Gasteiger partial charge is 0.323 e. The van der Waals surface area contributed by atoms with Crippen LogP contribution in [0.25, 0.3) is 0 Å². The zero-order valence-electron chi connectivity index (χ0n) is 10.2. The van der Waals surface area contributed by atoms with Crippen LogP contribution in [0.2, 0.25) is 0 Å². The maximum absolute atomic E-state index is 12.1. The number of nitrogens with zero attached hydrogens (tertiary/aromatic N) is 2. The SMILES string of the molecule is CC1COCCN1C(=O)N(CC(N)=O)CC(=O)O. The van der Waals surface area contributed by atoms with E-state index in [9.17, 15) is 14.4 Å². The van der Waals surface area contributed by atoms with Gasteiger partial charge in [0.1, 0.15) is 13.1 Å². The first-order chi connectivity index (χ1) is 8.41. The van der Waals surface area contributed by atoms with Crippen molar-refractivity contribution in [3.8, 4) is 0 Å². The molecule has 3 N–H and O–H groups in total. The number of amides is 3. The summed E-state index contributed by atoms with van der Waals surface area (Å²) in [6, 6.07) is -0.664. The lowest BCUT2D eigenvalue weighted by Gasteiger charge is -2.36. The van der Waals surface area contributed by atoms with E-state index < -0.39 is 31.0 Å². The Morgan fingerprint density at radius 3 is 2.61 bits per heavy atom. The van der Waals surface area contributed by atoms with Gasteiger partial charge in [0.25, 0.3) is 0 Å². The lowest BCUT2D eigenvalue weighted by Crippen LogP contribution is -2.54. The summed E-state index contributed by atoms with van der Waals surface area (Å²) in [5.41, 5.74) is 5.00. The molecule has 0 aliphatic carbocycles. The predicted octanol–water partition coefficient (Wildman–Crippen LogP) is -1.30. The number of primary amides is 1. The van der Waals surface area contributed by atoms with Crippen molar-refractivity contribution in [2.75, 3.05) is 32.8 Å². The lowest BCUT2D eigenvalue weighted by molar-refractivity contribution is -0.138. The Morgan fingerprint density at radius 2 is 2.11 bits per heavy atom. The van der Waals surface area contributed by atoms with Crippen molar-refractivity contribution in [1.29, 1.82) is 0 Å². The Bertz CT molecular complexity index is 330. The summed E-state index contributed by atoms with van der Waals surface area (Å²) >= 11 is 0. The number of carboxylic acids is 1. The Balaban J connectivity index is 2.73. The van der Waals surface area contributed by atoms with Crippen LogP contribution in [0, 0.1) is 0 Å². The fraction of sp³-hybridized carbons (Fsp3) is 0.700. The molecule has 8 nitrogen and oxygen atoms in total. The fourth-order valence-electron chi connectivity index (χ4n) is 1.74. The first kappa shape index (κ1) is 14.2. The molecule has 1 heterocycles. The number of morpholine rings is 1. The van der Waals surface area contributed by atoms with Crippen molar-refractivity contribution < 1.29 is 24.2 Å². The minimum absolute atomic E-state index is 0.157. The van der Waals surface area contributed by atoms with E-state index in [4.69, 9.17) is 15.6 Å². The highest BCUT2D eigenvalue weighted by atomic mass is 16.5. The highest BCUT2D eigenvalue weighted by Gasteiger charge is 2.29. The van der Waals surface area contributed by atoms with E-state index in [1.807, 2.05) is 0 Å². The quantitative estimate of drug-likeness (QED) is 0.651. The maximum Gasteiger partial charge on any atom is 0.323 e. The summed E-state index contributed by atoms with van der Waals surface area (Å²) < 4.78 is 5.18. The van der Waals surface area contributed by atoms with Gasteiger partial charge in [0.15, 0.2) is 0 Å². The number of carboxylic acid groups (broad SMARTS) is 1. The number of carbonyl (C=O) groups excluding carboxylic acids is 2. The molecule has 0 spiro atoms. The molecule has 1 rings (SSSR count). The monoisotopic (exact) mass is 259 g/mol. The number of carbonyl (C=O) groups is 3. The third kappa shape index (κ3) is 3.88. The Kier molecular flexibility index (Phi) is 4.90. The molecule has 0 aromatic rings. The molecule has 1 fully saturated rings. The molecule has 3 amide bonds. The van der Waals surface area contributed by atoms with E-state index in [0.717, 1.165) is 4.90 Å². The summed E-state index contributed by atoms with van der Waals surface area (Å²) in [6.45, 7) is 1.99. The minimum Gasteiger partial charge on any atom is -0.480 e. The Hall–Kier alpha value is -1.83. The predicted molar refractivity (Wildman–Crippen MR) is 60.8 cm³/mol. The van der Waals surface area contributed by atoms with Crippen LogP contribution >= 0.6 is 0 Å². The third-order valence-corrected chi connectivity index (χ3v) is 2.56. The van der Waals surface area contributed by atoms with E-state index >= 15 is 0 Å². The Morgan fingerprint density at radius 1 is 1.44 bits per heavy atom. The highest BCUT2D eigenvalue weighted by Crippen LogP contribution is 2.09. The van der Waals surface area contributed by atoms with Crippen molar-refractivity contribution >= 4 is 17.9 Å². The van der Waals surface area contributed by atoms with E-state index in [0.29, 0.717) is 19.8 Å². The number of urea groups is 1. The molecule has 0 saturated carbocycles. The highest BCUT2D eigenvalue weighted by molar-refractivity contribution is 5.86. The summed E-state index contributed by atoms with van der Waals surface area (Å²) in [5, 5.41) is 8.72. The molecule has 1 aliphatic rings. The fourth-order valence-corrected chi connectivity index (χ4v) is 1.74. The van der Waals surface area contributed by atoms with Gasteiger partial charge in [-0.25, -0.2) is 4.79 Å². The number of hydrogen-bond donors (Lipinski definition) is 2. The molecule has 1 saturated heterocycles. The Labute approximate surface area is 104 Å². The molecule has 0 bridgehead atoms. The summed E-state index contributed by atoms with van der Waals surface area (Å²) in [6.07, 6.45) is 0. The molecular weight excluding hydrogens is 242 g/mol. The van der Waals surface area contributed by atoms with Gasteiger partial charge in [0.05, 0.1) is 19.3 Å². The topological polar surface area (TPSA) is 113 Å². The molecular formula is C10H17N3O5. The number of aliphatic carboxylic acids is 1. The molecule has 18 heavy (non-hydrogen) atoms. The van der Waals surface area contributed by atoms with Crippen molar-refractivity contribution in [3.63, 3.8) is 0 Å². The summed E-state index contributed by atoms with van der Waals surface area (Å²) in [4.78, 5) is 36.0. The number of nitrogens with two attached hydrogens (primary N) is 1. The van der Waals surface area contributed by atoms with E-state index in [1.165, 1.54) is 4.90 Å². The first-order valence-electron chi connectivity index (χ1n) is 5.55. The van der Waals surface area contributed by atoms with Crippen LogP contribution in [0.4, 0.5) is 4.79 Å². The normalized spacial score (nSPS) is 19.4. The van der Waals surface area contributed by atoms with Gasteiger partial charge < -0.3 is 25.4 Å². The number of hydrogen-bond acceptors (Lipinski definition) is 4. The molecule has 1 aliphatic heterocycles. The van der Waals surface area contributed by atoms with Gasteiger partial charge in [-0.2, -0.15) is 0 Å². The van der Waals surface area contributed by atoms with Gasteiger partial charge in [-0.1, -0.05) is 0 Å². The van der Waals surface area contributed by atoms with Crippen molar-refractivity contribution in [3.05, 3.63) is 0 Å². The molecule has 0 aromatic carbocycles. The lowest BCUT2D eigenvalue weighted by atomic mass is 10.2. The van der Waals surface area contributed by atoms with Gasteiger partial charge in [-0.3, -0.25) is 9.59 Å². The standard InChI is InChI=1S/C10H17N3O5/c1-7-6-18-3-2-13(7)10(17)12(4-8(11)14)5-9(15)16/h7H,2-6H2,1H3,(H2,11,14)(H,15,16). The third-order valence-electron chi connectivity index (χ3n) is 2.56. The van der Waals surface area contributed by atoms with Crippen LogP contribution in [0.5, 0.6) is 0 Å². The van der Waals surface area contributed by atoms with Crippen LogP contribution < -0.4 is 5.73 Å². The minimum atomic E-state index is -1.19. The number of rotatable bonds is 4. The summed E-state index contributed by atoms with van der Waals surface area (Å²) in [5.74, 6) is -1.93. The van der Waals surface area contributed by atoms with Gasteiger partial charge in [-0.15, -0.1) is 0 Å². The second kappa shape index (κ2) is 6.20. The maximum atomic E-state index is 12.1. The van der Waals surface area contributed by atoms with E-state index in [1.54, 1.807) is 6.92 Å². The van der Waals surface area contributed by atoms with Crippen molar-refractivity contribution in [2.24, 2.45) is 5.73 Å². The van der Waals surface area contributed by atoms with Gasteiger partial charge in [-0.05, 0) is 6.92 Å². The second-order valence-electron chi connectivity index (χ2n) is 4.12. The van der Waals surface area contributed by atoms with Crippen LogP contribution in [0.15, 0.2) is 0 Å². The molecule has 1 unspecified atom stereocenters. The largest absolute Gasteiger partial charge is 0.480 e. The first-order valence-corrected chi connectivity index (χ1v) is 5.55. The van der Waals surface area contributed by atoms with Crippen LogP contribution in [0.3, 0.4) is 0 Å². The van der Waals surface area contributed by atoms with E-state index in [2.05, 4.69) is 0 Å². The zero-order valence-corrected chi connectivity index (χ0v) is 10.2. The van der Waals surface area contributed by atoms with Gasteiger partial charge >= 0.3 is 12.0 Å². The summed E-state index contributed by atoms with van der Waals surface area (Å²) in [7, 11) is 0. The van der Waals surface area contributed by atoms with Crippen LogP contribution in [-0.2, 0) is 14.3 Å². The van der Waals surface area contributed by atoms with Crippen LogP contribution in [-0.4, -0.2) is 71.7 Å². The van der Waals surface area contributed by atoms with E-state index in [-0.39, 0.29) is 6.04 Å². The van der Waals surface area contributed by atoms with Crippen molar-refractivity contribution in [2.45, 2.75) is 13.0 Å². The van der Waals surface area contributed by atoms with Gasteiger partial charge in [0, 0.05) is 6.54 Å². The zero-order chi connectivity index (χ0) is 13.7. The second-order valence-corrected chi connectivity index (χ2v) is 4.12. The molecule has 0 radical (unpaired) electrons. The average molecular weight is 259 g/mol. The molecule has 0 aromatic heterocycles.